The number of rotatable bonds is 5. The molecule has 24 heavy (non-hydrogen) atoms. The predicted octanol–water partition coefficient (Wildman–Crippen LogP) is 4.50. The minimum atomic E-state index is 0.517. The van der Waals surface area contributed by atoms with E-state index in [1.54, 1.807) is 19.3 Å². The monoisotopic (exact) mass is 359 g/mol. The van der Waals surface area contributed by atoms with Crippen molar-refractivity contribution in [1.29, 1.82) is 0 Å². The number of nitrogens with one attached hydrogen (secondary N) is 2. The second-order valence-electron chi connectivity index (χ2n) is 5.02. The largest absolute Gasteiger partial charge is 0.366 e. The molecule has 5 nitrogen and oxygen atoms in total. The van der Waals surface area contributed by atoms with Gasteiger partial charge < -0.3 is 10.6 Å². The minimum absolute atomic E-state index is 0.517. The Morgan fingerprint density at radius 1 is 1.00 bits per heavy atom. The molecule has 3 aromatic rings. The second kappa shape index (κ2) is 7.47. The van der Waals surface area contributed by atoms with Gasteiger partial charge in [0.15, 0.2) is 0 Å². The summed E-state index contributed by atoms with van der Waals surface area (Å²) in [5.41, 5.74) is 2.45. The van der Waals surface area contributed by atoms with Gasteiger partial charge in [-0.25, -0.2) is 4.98 Å². The van der Waals surface area contributed by atoms with Crippen molar-refractivity contribution in [3.05, 3.63) is 64.3 Å². The number of halogens is 2. The van der Waals surface area contributed by atoms with Crippen LogP contribution in [0.2, 0.25) is 10.0 Å². The van der Waals surface area contributed by atoms with Crippen LogP contribution in [0.15, 0.2) is 48.7 Å². The molecule has 2 N–H and O–H groups in total. The van der Waals surface area contributed by atoms with Gasteiger partial charge in [-0.05, 0) is 29.8 Å². The molecule has 0 radical (unpaired) electrons. The van der Waals surface area contributed by atoms with E-state index < -0.39 is 0 Å². The van der Waals surface area contributed by atoms with Crippen molar-refractivity contribution >= 4 is 35.0 Å². The maximum absolute atomic E-state index is 6.20. The zero-order chi connectivity index (χ0) is 16.9. The van der Waals surface area contributed by atoms with Crippen molar-refractivity contribution < 1.29 is 0 Å². The number of pyridine rings is 1. The third-order valence-corrected chi connectivity index (χ3v) is 3.94. The van der Waals surface area contributed by atoms with E-state index >= 15 is 0 Å². The highest BCUT2D eigenvalue weighted by Gasteiger charge is 2.08. The van der Waals surface area contributed by atoms with Crippen molar-refractivity contribution in [3.63, 3.8) is 0 Å². The molecule has 0 unspecified atom stereocenters. The lowest BCUT2D eigenvalue weighted by molar-refractivity contribution is 1.08. The van der Waals surface area contributed by atoms with Crippen molar-refractivity contribution in [2.24, 2.45) is 0 Å². The molecule has 2 heterocycles. The van der Waals surface area contributed by atoms with E-state index in [4.69, 9.17) is 23.2 Å². The first kappa shape index (κ1) is 16.5. The average molecular weight is 360 g/mol. The standard InChI is InChI=1S/C17H15Cl2N5/c1-20-17-23-15(14-4-2-3-7-21-14)9-16(24-17)22-10-11-5-6-12(18)8-13(11)19/h2-9H,10H2,1H3,(H2,20,22,23,24). The molecular weight excluding hydrogens is 345 g/mol. The molecule has 0 saturated carbocycles. The van der Waals surface area contributed by atoms with E-state index in [2.05, 4.69) is 25.6 Å². The highest BCUT2D eigenvalue weighted by Crippen LogP contribution is 2.23. The summed E-state index contributed by atoms with van der Waals surface area (Å²) in [7, 11) is 1.78. The molecule has 0 aliphatic carbocycles. The van der Waals surface area contributed by atoms with Crippen LogP contribution in [-0.4, -0.2) is 22.0 Å². The maximum atomic E-state index is 6.20. The van der Waals surface area contributed by atoms with E-state index in [-0.39, 0.29) is 0 Å². The molecule has 1 aromatic carbocycles. The Morgan fingerprint density at radius 2 is 1.88 bits per heavy atom. The van der Waals surface area contributed by atoms with Crippen LogP contribution in [0.3, 0.4) is 0 Å². The molecule has 122 valence electrons. The molecule has 0 saturated heterocycles. The summed E-state index contributed by atoms with van der Waals surface area (Å²) < 4.78 is 0. The number of benzene rings is 1. The first-order valence-corrected chi connectivity index (χ1v) is 8.07. The number of anilines is 2. The van der Waals surface area contributed by atoms with Crippen molar-refractivity contribution in [3.8, 4) is 11.4 Å². The van der Waals surface area contributed by atoms with E-state index in [0.29, 0.717) is 28.4 Å². The van der Waals surface area contributed by atoms with Gasteiger partial charge >= 0.3 is 0 Å². The molecule has 0 atom stereocenters. The van der Waals surface area contributed by atoms with Crippen LogP contribution in [0.4, 0.5) is 11.8 Å². The van der Waals surface area contributed by atoms with Crippen LogP contribution in [0.1, 0.15) is 5.56 Å². The first-order valence-electron chi connectivity index (χ1n) is 7.32. The SMILES string of the molecule is CNc1nc(NCc2ccc(Cl)cc2Cl)cc(-c2ccccn2)n1. The van der Waals surface area contributed by atoms with Gasteiger partial charge in [0.2, 0.25) is 5.95 Å². The molecule has 0 spiro atoms. The molecule has 7 heteroatoms. The Morgan fingerprint density at radius 3 is 2.58 bits per heavy atom. The van der Waals surface area contributed by atoms with Gasteiger partial charge in [-0.15, -0.1) is 0 Å². The van der Waals surface area contributed by atoms with Crippen LogP contribution >= 0.6 is 23.2 Å². The summed E-state index contributed by atoms with van der Waals surface area (Å²) in [6.45, 7) is 0.526. The highest BCUT2D eigenvalue weighted by molar-refractivity contribution is 6.35. The van der Waals surface area contributed by atoms with E-state index in [1.807, 2.05) is 36.4 Å². The first-order chi connectivity index (χ1) is 11.7. The summed E-state index contributed by atoms with van der Waals surface area (Å²) >= 11 is 12.1. The third-order valence-electron chi connectivity index (χ3n) is 3.35. The van der Waals surface area contributed by atoms with E-state index in [0.717, 1.165) is 17.0 Å². The fourth-order valence-corrected chi connectivity index (χ4v) is 2.62. The number of hydrogen-bond acceptors (Lipinski definition) is 5. The van der Waals surface area contributed by atoms with Gasteiger partial charge in [0, 0.05) is 35.9 Å². The molecular formula is C17H15Cl2N5. The zero-order valence-corrected chi connectivity index (χ0v) is 14.4. The van der Waals surface area contributed by atoms with Crippen molar-refractivity contribution in [1.82, 2.24) is 15.0 Å². The van der Waals surface area contributed by atoms with Crippen LogP contribution in [0.5, 0.6) is 0 Å². The second-order valence-corrected chi connectivity index (χ2v) is 5.86. The summed E-state index contributed by atoms with van der Waals surface area (Å²) in [4.78, 5) is 13.2. The Labute approximate surface area is 150 Å². The van der Waals surface area contributed by atoms with Crippen molar-refractivity contribution in [2.45, 2.75) is 6.54 Å². The van der Waals surface area contributed by atoms with E-state index in [1.165, 1.54) is 0 Å². The number of aromatic nitrogens is 3. The zero-order valence-electron chi connectivity index (χ0n) is 12.9. The summed E-state index contributed by atoms with van der Waals surface area (Å²) in [5.74, 6) is 1.20. The number of nitrogens with zero attached hydrogens (tertiary/aromatic N) is 3. The van der Waals surface area contributed by atoms with Gasteiger partial charge in [0.05, 0.1) is 11.4 Å². The van der Waals surface area contributed by atoms with Gasteiger partial charge in [0.25, 0.3) is 0 Å². The van der Waals surface area contributed by atoms with Crippen molar-refractivity contribution in [2.75, 3.05) is 17.7 Å². The van der Waals surface area contributed by atoms with E-state index in [9.17, 15) is 0 Å². The molecule has 0 amide bonds. The third kappa shape index (κ3) is 3.93. The lowest BCUT2D eigenvalue weighted by atomic mass is 10.2. The van der Waals surface area contributed by atoms with Gasteiger partial charge in [0.1, 0.15) is 5.82 Å². The van der Waals surface area contributed by atoms with Gasteiger partial charge in [-0.2, -0.15) is 4.98 Å². The lowest BCUT2D eigenvalue weighted by Crippen LogP contribution is -2.06. The fourth-order valence-electron chi connectivity index (χ4n) is 2.15. The molecule has 3 rings (SSSR count). The quantitative estimate of drug-likeness (QED) is 0.702. The van der Waals surface area contributed by atoms with Crippen LogP contribution in [-0.2, 0) is 6.54 Å². The highest BCUT2D eigenvalue weighted by atomic mass is 35.5. The summed E-state index contributed by atoms with van der Waals surface area (Å²) in [6.07, 6.45) is 1.73. The van der Waals surface area contributed by atoms with Gasteiger partial charge in [-0.1, -0.05) is 35.3 Å². The molecule has 0 aliphatic heterocycles. The van der Waals surface area contributed by atoms with Gasteiger partial charge in [-0.3, -0.25) is 4.98 Å². The average Bonchev–Trinajstić information content (AvgIpc) is 2.61. The fraction of sp³-hybridized carbons (Fsp3) is 0.118. The molecule has 2 aromatic heterocycles. The summed E-state index contributed by atoms with van der Waals surface area (Å²) in [5, 5.41) is 7.45. The summed E-state index contributed by atoms with van der Waals surface area (Å²) in [6, 6.07) is 13.0. The predicted molar refractivity (Wildman–Crippen MR) is 98.6 cm³/mol. The molecule has 0 aliphatic rings. The Bertz CT molecular complexity index is 840. The Hall–Kier alpha value is -2.37. The van der Waals surface area contributed by atoms with Crippen LogP contribution in [0.25, 0.3) is 11.4 Å². The van der Waals surface area contributed by atoms with Crippen LogP contribution < -0.4 is 10.6 Å². The smallest absolute Gasteiger partial charge is 0.224 e. The topological polar surface area (TPSA) is 62.7 Å². The molecule has 0 fully saturated rings. The molecule has 0 bridgehead atoms. The maximum Gasteiger partial charge on any atom is 0.224 e. The lowest BCUT2D eigenvalue weighted by Gasteiger charge is -2.10. The Kier molecular flexibility index (Phi) is 5.13. The number of hydrogen-bond donors (Lipinski definition) is 2. The Balaban J connectivity index is 1.85. The van der Waals surface area contributed by atoms with Crippen LogP contribution in [0, 0.1) is 0 Å². The normalized spacial score (nSPS) is 10.5. The minimum Gasteiger partial charge on any atom is -0.366 e.